The van der Waals surface area contributed by atoms with Gasteiger partial charge in [0, 0.05) is 23.1 Å². The van der Waals surface area contributed by atoms with Gasteiger partial charge in [0.1, 0.15) is 16.8 Å². The zero-order valence-corrected chi connectivity index (χ0v) is 20.6. The standard InChI is InChI=1S/C28H22F3N3O2S/c1-36-23-13-6-5-11-20(23)16-34-26(35)25-24(22(15-32-25)19-9-3-2-4-10-19)33-27(34)37-17-18-8-7-12-21(14-18)28(29,30)31/h2-15,32H,16-17H2,1H3. The van der Waals surface area contributed by atoms with E-state index in [1.807, 2.05) is 54.6 Å². The molecule has 188 valence electrons. The first kappa shape index (κ1) is 24.7. The van der Waals surface area contributed by atoms with Crippen LogP contribution in [0, 0.1) is 0 Å². The van der Waals surface area contributed by atoms with Crippen molar-refractivity contribution in [2.75, 3.05) is 7.11 Å². The fraction of sp³-hybridized carbons (Fsp3) is 0.143. The highest BCUT2D eigenvalue weighted by Crippen LogP contribution is 2.32. The Kier molecular flexibility index (Phi) is 6.80. The second-order valence-corrected chi connectivity index (χ2v) is 9.32. The van der Waals surface area contributed by atoms with Gasteiger partial charge in [-0.05, 0) is 23.3 Å². The van der Waals surface area contributed by atoms with Crippen molar-refractivity contribution in [1.29, 1.82) is 0 Å². The minimum Gasteiger partial charge on any atom is -0.496 e. The number of H-pyrrole nitrogens is 1. The van der Waals surface area contributed by atoms with Gasteiger partial charge < -0.3 is 9.72 Å². The highest BCUT2D eigenvalue weighted by atomic mass is 32.2. The third-order valence-electron chi connectivity index (χ3n) is 5.98. The van der Waals surface area contributed by atoms with Crippen LogP contribution in [0.15, 0.2) is 95.0 Å². The number of methoxy groups -OCH3 is 1. The Morgan fingerprint density at radius 3 is 2.51 bits per heavy atom. The lowest BCUT2D eigenvalue weighted by Gasteiger charge is -2.15. The first-order valence-electron chi connectivity index (χ1n) is 11.4. The number of halogens is 3. The summed E-state index contributed by atoms with van der Waals surface area (Å²) in [5.41, 5.74) is 2.83. The molecule has 9 heteroatoms. The van der Waals surface area contributed by atoms with Gasteiger partial charge in [0.15, 0.2) is 5.16 Å². The average Bonchev–Trinajstić information content (AvgIpc) is 3.34. The molecule has 0 aliphatic rings. The van der Waals surface area contributed by atoms with Crippen molar-refractivity contribution in [3.05, 3.63) is 112 Å². The number of hydrogen-bond acceptors (Lipinski definition) is 4. The molecule has 37 heavy (non-hydrogen) atoms. The topological polar surface area (TPSA) is 59.9 Å². The van der Waals surface area contributed by atoms with Gasteiger partial charge in [-0.2, -0.15) is 13.2 Å². The molecule has 3 aromatic carbocycles. The molecule has 0 saturated heterocycles. The molecule has 5 aromatic rings. The van der Waals surface area contributed by atoms with E-state index in [2.05, 4.69) is 4.98 Å². The van der Waals surface area contributed by atoms with E-state index in [9.17, 15) is 18.0 Å². The fourth-order valence-corrected chi connectivity index (χ4v) is 5.08. The maximum absolute atomic E-state index is 13.7. The van der Waals surface area contributed by atoms with Gasteiger partial charge in [0.25, 0.3) is 5.56 Å². The predicted molar refractivity (Wildman–Crippen MR) is 139 cm³/mol. The molecule has 0 saturated carbocycles. The molecule has 1 N–H and O–H groups in total. The Morgan fingerprint density at radius 2 is 1.76 bits per heavy atom. The molecular weight excluding hydrogens is 499 g/mol. The lowest BCUT2D eigenvalue weighted by molar-refractivity contribution is -0.137. The normalized spacial score (nSPS) is 11.7. The van der Waals surface area contributed by atoms with E-state index in [0.29, 0.717) is 27.5 Å². The lowest BCUT2D eigenvalue weighted by Crippen LogP contribution is -2.24. The lowest BCUT2D eigenvalue weighted by atomic mass is 10.1. The summed E-state index contributed by atoms with van der Waals surface area (Å²) in [6, 6.07) is 22.1. The molecular formula is C28H22F3N3O2S. The van der Waals surface area contributed by atoms with Gasteiger partial charge in [-0.1, -0.05) is 78.5 Å². The number of thioether (sulfide) groups is 1. The molecule has 0 radical (unpaired) electrons. The van der Waals surface area contributed by atoms with Crippen LogP contribution in [0.1, 0.15) is 16.7 Å². The Balaban J connectivity index is 1.60. The third-order valence-corrected chi connectivity index (χ3v) is 7.03. The van der Waals surface area contributed by atoms with Crippen molar-refractivity contribution >= 4 is 22.8 Å². The number of para-hydroxylation sites is 1. The molecule has 5 nitrogen and oxygen atoms in total. The quantitative estimate of drug-likeness (QED) is 0.190. The summed E-state index contributed by atoms with van der Waals surface area (Å²) in [6.07, 6.45) is -2.68. The molecule has 0 bridgehead atoms. The van der Waals surface area contributed by atoms with Crippen LogP contribution in [-0.4, -0.2) is 21.6 Å². The second-order valence-electron chi connectivity index (χ2n) is 8.38. The average molecular weight is 522 g/mol. The SMILES string of the molecule is COc1ccccc1Cn1c(SCc2cccc(C(F)(F)F)c2)nc2c(-c3ccccc3)c[nH]c2c1=O. The number of hydrogen-bond donors (Lipinski definition) is 1. The molecule has 0 spiro atoms. The Labute approximate surface area is 214 Å². The van der Waals surface area contributed by atoms with Gasteiger partial charge in [-0.15, -0.1) is 0 Å². The van der Waals surface area contributed by atoms with Crippen LogP contribution in [0.3, 0.4) is 0 Å². The van der Waals surface area contributed by atoms with Crippen molar-refractivity contribution in [2.45, 2.75) is 23.6 Å². The fourth-order valence-electron chi connectivity index (χ4n) is 4.15. The first-order valence-corrected chi connectivity index (χ1v) is 12.4. The summed E-state index contributed by atoms with van der Waals surface area (Å²) >= 11 is 1.22. The Morgan fingerprint density at radius 1 is 1.00 bits per heavy atom. The van der Waals surface area contributed by atoms with Crippen molar-refractivity contribution in [2.24, 2.45) is 0 Å². The summed E-state index contributed by atoms with van der Waals surface area (Å²) < 4.78 is 46.7. The van der Waals surface area contributed by atoms with Crippen molar-refractivity contribution < 1.29 is 17.9 Å². The first-order chi connectivity index (χ1) is 17.8. The Bertz CT molecular complexity index is 1610. The molecule has 0 aliphatic carbocycles. The molecule has 2 aromatic heterocycles. The monoisotopic (exact) mass is 521 g/mol. The van der Waals surface area contributed by atoms with Crippen molar-refractivity contribution in [3.8, 4) is 16.9 Å². The number of fused-ring (bicyclic) bond motifs is 1. The number of aromatic nitrogens is 3. The van der Waals surface area contributed by atoms with Gasteiger partial charge in [0.05, 0.1) is 19.2 Å². The smallest absolute Gasteiger partial charge is 0.416 e. The molecule has 0 atom stereocenters. The van der Waals surface area contributed by atoms with E-state index in [4.69, 9.17) is 9.72 Å². The van der Waals surface area contributed by atoms with Crippen molar-refractivity contribution in [1.82, 2.24) is 14.5 Å². The number of alkyl halides is 3. The summed E-state index contributed by atoms with van der Waals surface area (Å²) in [5.74, 6) is 0.832. The summed E-state index contributed by atoms with van der Waals surface area (Å²) in [6.45, 7) is 0.191. The predicted octanol–water partition coefficient (Wildman–Crippen LogP) is 6.76. The van der Waals surface area contributed by atoms with Crippen LogP contribution in [-0.2, 0) is 18.5 Å². The summed E-state index contributed by atoms with van der Waals surface area (Å²) in [7, 11) is 1.56. The Hall–Kier alpha value is -3.98. The van der Waals surface area contributed by atoms with Crippen LogP contribution in [0.4, 0.5) is 13.2 Å². The van der Waals surface area contributed by atoms with Crippen LogP contribution < -0.4 is 10.3 Å². The van der Waals surface area contributed by atoms with E-state index < -0.39 is 11.7 Å². The molecule has 0 amide bonds. The van der Waals surface area contributed by atoms with Crippen LogP contribution in [0.25, 0.3) is 22.2 Å². The molecule has 0 unspecified atom stereocenters. The van der Waals surface area contributed by atoms with E-state index in [1.54, 1.807) is 19.4 Å². The molecule has 0 fully saturated rings. The van der Waals surface area contributed by atoms with Gasteiger partial charge in [-0.25, -0.2) is 4.98 Å². The van der Waals surface area contributed by atoms with Gasteiger partial charge in [0.2, 0.25) is 0 Å². The number of aromatic amines is 1. The maximum Gasteiger partial charge on any atom is 0.416 e. The number of nitrogens with zero attached hydrogens (tertiary/aromatic N) is 2. The van der Waals surface area contributed by atoms with E-state index >= 15 is 0 Å². The number of nitrogens with one attached hydrogen (secondary N) is 1. The van der Waals surface area contributed by atoms with Gasteiger partial charge in [-0.3, -0.25) is 9.36 Å². The summed E-state index contributed by atoms with van der Waals surface area (Å²) in [5, 5.41) is 0.401. The van der Waals surface area contributed by atoms with Crippen LogP contribution in [0.2, 0.25) is 0 Å². The number of rotatable bonds is 7. The van der Waals surface area contributed by atoms with Crippen LogP contribution in [0.5, 0.6) is 5.75 Å². The molecule has 5 rings (SSSR count). The largest absolute Gasteiger partial charge is 0.496 e. The highest BCUT2D eigenvalue weighted by molar-refractivity contribution is 7.98. The molecule has 0 aliphatic heterocycles. The zero-order valence-electron chi connectivity index (χ0n) is 19.8. The third kappa shape index (κ3) is 5.13. The van der Waals surface area contributed by atoms with Crippen molar-refractivity contribution in [3.63, 3.8) is 0 Å². The van der Waals surface area contributed by atoms with Crippen LogP contribution >= 0.6 is 11.8 Å². The zero-order chi connectivity index (χ0) is 26.0. The molecule has 2 heterocycles. The highest BCUT2D eigenvalue weighted by Gasteiger charge is 2.30. The maximum atomic E-state index is 13.7. The number of benzene rings is 3. The summed E-state index contributed by atoms with van der Waals surface area (Å²) in [4.78, 5) is 21.6. The van der Waals surface area contributed by atoms with E-state index in [1.165, 1.54) is 22.4 Å². The van der Waals surface area contributed by atoms with E-state index in [-0.39, 0.29) is 17.9 Å². The van der Waals surface area contributed by atoms with E-state index in [0.717, 1.165) is 28.8 Å². The minimum absolute atomic E-state index is 0.191. The van der Waals surface area contributed by atoms with Gasteiger partial charge >= 0.3 is 6.18 Å². The second kappa shape index (κ2) is 10.2. The number of ether oxygens (including phenoxy) is 1. The minimum atomic E-state index is -4.43.